The summed E-state index contributed by atoms with van der Waals surface area (Å²) >= 11 is 0. The van der Waals surface area contributed by atoms with E-state index in [0.29, 0.717) is 11.1 Å². The third-order valence-corrected chi connectivity index (χ3v) is 6.97. The number of carbonyl (C=O) groups excluding carboxylic acids is 2. The third kappa shape index (κ3) is 6.82. The van der Waals surface area contributed by atoms with E-state index >= 15 is 0 Å². The van der Waals surface area contributed by atoms with Crippen LogP contribution in [0.2, 0.25) is 0 Å². The Kier molecular flexibility index (Phi) is 7.73. The molecule has 0 aliphatic carbocycles. The van der Waals surface area contributed by atoms with Gasteiger partial charge in [-0.1, -0.05) is 24.3 Å². The average Bonchev–Trinajstić information content (AvgIpc) is 2.89. The highest BCUT2D eigenvalue weighted by molar-refractivity contribution is 7.92. The lowest BCUT2D eigenvalue weighted by molar-refractivity contribution is 0.0635. The van der Waals surface area contributed by atoms with Gasteiger partial charge in [0.15, 0.2) is 0 Å². The molecule has 11 heteroatoms. The van der Waals surface area contributed by atoms with Gasteiger partial charge in [-0.3, -0.25) is 10.1 Å². The van der Waals surface area contributed by atoms with Crippen LogP contribution in [0.5, 0.6) is 0 Å². The predicted molar refractivity (Wildman–Crippen MR) is 146 cm³/mol. The molecule has 0 fully saturated rings. The van der Waals surface area contributed by atoms with Crippen LogP contribution in [0.1, 0.15) is 31.1 Å². The molecule has 0 saturated heterocycles. The molecule has 0 radical (unpaired) electrons. The van der Waals surface area contributed by atoms with Crippen molar-refractivity contribution in [2.24, 2.45) is 0 Å². The number of carbonyl (C=O) groups is 2. The van der Waals surface area contributed by atoms with E-state index in [1.165, 1.54) is 42.7 Å². The van der Waals surface area contributed by atoms with Crippen molar-refractivity contribution in [1.82, 2.24) is 9.97 Å². The fourth-order valence-corrected chi connectivity index (χ4v) is 4.65. The number of nitrogens with zero attached hydrogens (tertiary/aromatic N) is 2. The Balaban J connectivity index is 1.62. The van der Waals surface area contributed by atoms with E-state index in [1.807, 2.05) is 0 Å². The average molecular weight is 548 g/mol. The van der Waals surface area contributed by atoms with Crippen LogP contribution in [-0.4, -0.2) is 31.8 Å². The number of pyridine rings is 2. The number of anilines is 2. The number of amides is 2. The van der Waals surface area contributed by atoms with E-state index in [1.54, 1.807) is 63.2 Å². The molecule has 3 N–H and O–H groups in total. The largest absolute Gasteiger partial charge is 0.444 e. The van der Waals surface area contributed by atoms with Gasteiger partial charge in [0.25, 0.3) is 5.91 Å². The molecule has 0 spiro atoms. The molecule has 200 valence electrons. The molecule has 0 aliphatic rings. The first-order valence-electron chi connectivity index (χ1n) is 11.8. The number of aromatic nitrogens is 2. The molecule has 4 aromatic rings. The van der Waals surface area contributed by atoms with Gasteiger partial charge in [0.05, 0.1) is 16.9 Å². The molecule has 2 aromatic carbocycles. The number of benzene rings is 2. The van der Waals surface area contributed by atoms with Crippen molar-refractivity contribution in [1.29, 1.82) is 4.78 Å². The van der Waals surface area contributed by atoms with Gasteiger partial charge >= 0.3 is 6.09 Å². The van der Waals surface area contributed by atoms with E-state index in [-0.39, 0.29) is 32.8 Å². The summed E-state index contributed by atoms with van der Waals surface area (Å²) < 4.78 is 40.0. The Labute approximate surface area is 225 Å². The first-order chi connectivity index (χ1) is 18.4. The quantitative estimate of drug-likeness (QED) is 0.258. The van der Waals surface area contributed by atoms with Gasteiger partial charge in [-0.05, 0) is 80.4 Å². The van der Waals surface area contributed by atoms with Crippen LogP contribution >= 0.6 is 0 Å². The van der Waals surface area contributed by atoms with Gasteiger partial charge in [0.1, 0.15) is 31.2 Å². The fraction of sp³-hybridized carbons (Fsp3) is 0.143. The maximum absolute atomic E-state index is 13.4. The number of hydrogen-bond donors (Lipinski definition) is 3. The minimum Gasteiger partial charge on any atom is -0.444 e. The molecule has 4 rings (SSSR count). The lowest BCUT2D eigenvalue weighted by Crippen LogP contribution is -2.27. The Morgan fingerprint density at radius 2 is 1.56 bits per heavy atom. The van der Waals surface area contributed by atoms with E-state index in [4.69, 9.17) is 9.52 Å². The van der Waals surface area contributed by atoms with Crippen molar-refractivity contribution in [3.05, 3.63) is 96.6 Å². The zero-order valence-corrected chi connectivity index (χ0v) is 22.2. The summed E-state index contributed by atoms with van der Waals surface area (Å²) in [6.45, 7) is 5.19. The first-order valence-corrected chi connectivity index (χ1v) is 13.4. The molecule has 2 heterocycles. The zero-order chi connectivity index (χ0) is 28.2. The van der Waals surface area contributed by atoms with Gasteiger partial charge in [-0.2, -0.15) is 0 Å². The minimum atomic E-state index is -3.46. The summed E-state index contributed by atoms with van der Waals surface area (Å²) in [4.78, 5) is 33.6. The van der Waals surface area contributed by atoms with Crippen LogP contribution < -0.4 is 10.6 Å². The monoisotopic (exact) mass is 547 g/mol. The Morgan fingerprint density at radius 3 is 2.18 bits per heavy atom. The SMILES string of the molecule is CC(C)(C)OC(=O)Nc1ccc(-c2ccc(F)cc2)cc1NC(=O)c1ccc(S(=N)(=O)c2ccccn2)nc1. The van der Waals surface area contributed by atoms with E-state index < -0.39 is 27.3 Å². The van der Waals surface area contributed by atoms with Gasteiger partial charge in [0, 0.05) is 12.4 Å². The maximum Gasteiger partial charge on any atom is 0.412 e. The van der Waals surface area contributed by atoms with Crippen LogP contribution in [0, 0.1) is 10.6 Å². The van der Waals surface area contributed by atoms with Crippen LogP contribution in [0.15, 0.2) is 95.2 Å². The number of rotatable bonds is 6. The summed E-state index contributed by atoms with van der Waals surface area (Å²) in [7, 11) is -3.46. The Morgan fingerprint density at radius 1 is 0.872 bits per heavy atom. The molecule has 0 aliphatic heterocycles. The van der Waals surface area contributed by atoms with Crippen molar-refractivity contribution in [3.8, 4) is 11.1 Å². The summed E-state index contributed by atoms with van der Waals surface area (Å²) in [6, 6.07) is 18.3. The maximum atomic E-state index is 13.4. The summed E-state index contributed by atoms with van der Waals surface area (Å²) in [5.41, 5.74) is 1.29. The third-order valence-electron chi connectivity index (χ3n) is 5.31. The number of hydrogen-bond acceptors (Lipinski definition) is 7. The van der Waals surface area contributed by atoms with Gasteiger partial charge in [-0.25, -0.2) is 28.1 Å². The lowest BCUT2D eigenvalue weighted by atomic mass is 10.0. The smallest absolute Gasteiger partial charge is 0.412 e. The highest BCUT2D eigenvalue weighted by atomic mass is 32.2. The zero-order valence-electron chi connectivity index (χ0n) is 21.4. The summed E-state index contributed by atoms with van der Waals surface area (Å²) in [5.74, 6) is -0.946. The van der Waals surface area contributed by atoms with Gasteiger partial charge < -0.3 is 10.1 Å². The molecule has 2 amide bonds. The van der Waals surface area contributed by atoms with Crippen molar-refractivity contribution in [2.75, 3.05) is 10.6 Å². The summed E-state index contributed by atoms with van der Waals surface area (Å²) in [6.07, 6.45) is 1.94. The minimum absolute atomic E-state index is 0.0386. The van der Waals surface area contributed by atoms with Crippen LogP contribution in [0.4, 0.5) is 20.6 Å². The Bertz CT molecular complexity index is 1600. The number of ether oxygens (including phenoxy) is 1. The fourth-order valence-electron chi connectivity index (χ4n) is 3.50. The highest BCUT2D eigenvalue weighted by Gasteiger charge is 2.20. The molecule has 1 atom stereocenters. The second kappa shape index (κ2) is 11.0. The molecule has 39 heavy (non-hydrogen) atoms. The molecule has 1 unspecified atom stereocenters. The summed E-state index contributed by atoms with van der Waals surface area (Å²) in [5, 5.41) is 5.41. The normalized spacial score (nSPS) is 12.7. The van der Waals surface area contributed by atoms with Crippen molar-refractivity contribution in [2.45, 2.75) is 36.4 Å². The van der Waals surface area contributed by atoms with E-state index in [9.17, 15) is 18.2 Å². The topological polar surface area (TPSA) is 134 Å². The molecule has 0 saturated carbocycles. The van der Waals surface area contributed by atoms with Gasteiger partial charge in [-0.15, -0.1) is 0 Å². The number of nitrogens with one attached hydrogen (secondary N) is 3. The standard InChI is InChI=1S/C28H26FN5O4S/c1-28(2,3)38-27(36)34-22-13-9-19(18-7-11-21(29)12-8-18)16-23(22)33-26(35)20-10-14-25(32-17-20)39(30,37)24-6-4-5-15-31-24/h4-17,30H,1-3H3,(H,33,35)(H,34,36). The second-order valence-electron chi connectivity index (χ2n) is 9.46. The molecule has 9 nitrogen and oxygen atoms in total. The van der Waals surface area contributed by atoms with Crippen molar-refractivity contribution < 1.29 is 22.9 Å². The number of halogens is 1. The van der Waals surface area contributed by atoms with E-state index in [0.717, 1.165) is 0 Å². The van der Waals surface area contributed by atoms with Crippen LogP contribution in [-0.2, 0) is 14.5 Å². The molecule has 0 bridgehead atoms. The predicted octanol–water partition coefficient (Wildman–Crippen LogP) is 6.35. The van der Waals surface area contributed by atoms with Crippen LogP contribution in [0.25, 0.3) is 11.1 Å². The molecular weight excluding hydrogens is 521 g/mol. The van der Waals surface area contributed by atoms with Crippen molar-refractivity contribution in [3.63, 3.8) is 0 Å². The van der Waals surface area contributed by atoms with E-state index in [2.05, 4.69) is 20.6 Å². The first kappa shape index (κ1) is 27.4. The second-order valence-corrected chi connectivity index (χ2v) is 11.4. The lowest BCUT2D eigenvalue weighted by Gasteiger charge is -2.21. The van der Waals surface area contributed by atoms with Crippen molar-refractivity contribution >= 4 is 33.1 Å². The molecular formula is C28H26FN5O4S. The highest BCUT2D eigenvalue weighted by Crippen LogP contribution is 2.30. The van der Waals surface area contributed by atoms with Crippen LogP contribution in [0.3, 0.4) is 0 Å². The van der Waals surface area contributed by atoms with Gasteiger partial charge in [0.2, 0.25) is 0 Å². The molecule has 2 aromatic heterocycles. The Hall–Kier alpha value is -4.64.